The van der Waals surface area contributed by atoms with E-state index >= 15 is 0 Å². The Morgan fingerprint density at radius 2 is 1.94 bits per heavy atom. The second-order valence-electron chi connectivity index (χ2n) is 8.43. The highest BCUT2D eigenvalue weighted by Gasteiger charge is 2.27. The number of amides is 2. The normalized spacial score (nSPS) is 16.7. The van der Waals surface area contributed by atoms with Crippen LogP contribution in [0.2, 0.25) is 0 Å². The van der Waals surface area contributed by atoms with E-state index in [4.69, 9.17) is 0 Å². The minimum atomic E-state index is -3.54. The fourth-order valence-corrected chi connectivity index (χ4v) is 5.47. The largest absolute Gasteiger partial charge is 0.337 e. The number of para-hydroxylation sites is 1. The van der Waals surface area contributed by atoms with E-state index in [0.29, 0.717) is 19.6 Å². The van der Waals surface area contributed by atoms with Gasteiger partial charge in [0.25, 0.3) is 0 Å². The van der Waals surface area contributed by atoms with Crippen molar-refractivity contribution in [2.45, 2.75) is 31.2 Å². The smallest absolute Gasteiger partial charge is 0.319 e. The maximum absolute atomic E-state index is 12.6. The molecule has 33 heavy (non-hydrogen) atoms. The minimum Gasteiger partial charge on any atom is -0.337 e. The van der Waals surface area contributed by atoms with Gasteiger partial charge in [-0.05, 0) is 56.6 Å². The van der Waals surface area contributed by atoms with Crippen molar-refractivity contribution in [1.29, 1.82) is 0 Å². The molecule has 1 atom stereocenters. The zero-order valence-electron chi connectivity index (χ0n) is 18.8. The van der Waals surface area contributed by atoms with Gasteiger partial charge in [-0.1, -0.05) is 30.3 Å². The molecule has 9 heteroatoms. The van der Waals surface area contributed by atoms with Crippen molar-refractivity contribution in [2.24, 2.45) is 0 Å². The predicted molar refractivity (Wildman–Crippen MR) is 130 cm³/mol. The Hall–Kier alpha value is -3.01. The van der Waals surface area contributed by atoms with Crippen LogP contribution < -0.4 is 15.4 Å². The molecule has 2 amide bonds. The topological polar surface area (TPSA) is 103 Å². The molecule has 1 aliphatic heterocycles. The molecule has 0 bridgehead atoms. The lowest BCUT2D eigenvalue weighted by Gasteiger charge is -2.17. The van der Waals surface area contributed by atoms with Crippen LogP contribution in [0.25, 0.3) is 10.9 Å². The first-order valence-electron chi connectivity index (χ1n) is 11.0. The first-order valence-corrected chi connectivity index (χ1v) is 12.5. The molecule has 2 aromatic carbocycles. The number of urea groups is 1. The Morgan fingerprint density at radius 1 is 1.12 bits per heavy atom. The van der Waals surface area contributed by atoms with Crippen LogP contribution in [0.1, 0.15) is 17.7 Å². The molecule has 174 valence electrons. The number of aromatic nitrogens is 1. The number of likely N-dealkylation sites (tertiary alicyclic amines) is 1. The lowest BCUT2D eigenvalue weighted by Crippen LogP contribution is -2.39. The van der Waals surface area contributed by atoms with Gasteiger partial charge in [0.15, 0.2) is 0 Å². The van der Waals surface area contributed by atoms with E-state index in [1.54, 1.807) is 18.2 Å². The molecule has 1 aliphatic rings. The van der Waals surface area contributed by atoms with E-state index < -0.39 is 10.0 Å². The molecular formula is C24H29N5O3S. The summed E-state index contributed by atoms with van der Waals surface area (Å²) in [6.07, 6.45) is 0.736. The highest BCUT2D eigenvalue weighted by atomic mass is 32.2. The van der Waals surface area contributed by atoms with Crippen molar-refractivity contribution in [1.82, 2.24) is 19.9 Å². The molecule has 1 unspecified atom stereocenters. The van der Waals surface area contributed by atoms with Gasteiger partial charge in [-0.15, -0.1) is 0 Å². The van der Waals surface area contributed by atoms with Crippen LogP contribution in [0.4, 0.5) is 10.5 Å². The molecule has 1 aromatic heterocycles. The van der Waals surface area contributed by atoms with Gasteiger partial charge in [0, 0.05) is 36.8 Å². The summed E-state index contributed by atoms with van der Waals surface area (Å²) in [5.41, 5.74) is 3.30. The monoisotopic (exact) mass is 467 g/mol. The van der Waals surface area contributed by atoms with Gasteiger partial charge < -0.3 is 10.6 Å². The second-order valence-corrected chi connectivity index (χ2v) is 10.1. The summed E-state index contributed by atoms with van der Waals surface area (Å²) in [7, 11) is -3.54. The van der Waals surface area contributed by atoms with E-state index in [0.717, 1.165) is 40.8 Å². The quantitative estimate of drug-likeness (QED) is 0.496. The maximum atomic E-state index is 12.6. The Balaban J connectivity index is 1.25. The van der Waals surface area contributed by atoms with Crippen molar-refractivity contribution in [3.63, 3.8) is 0 Å². The van der Waals surface area contributed by atoms with E-state index in [2.05, 4.69) is 25.2 Å². The summed E-state index contributed by atoms with van der Waals surface area (Å²) in [6, 6.07) is 16.0. The number of fused-ring (bicyclic) bond motifs is 1. The Kier molecular flexibility index (Phi) is 6.92. The number of benzene rings is 2. The Morgan fingerprint density at radius 3 is 2.76 bits per heavy atom. The van der Waals surface area contributed by atoms with Gasteiger partial charge in [0.1, 0.15) is 0 Å². The molecular weight excluding hydrogens is 438 g/mol. The van der Waals surface area contributed by atoms with Crippen molar-refractivity contribution in [2.75, 3.05) is 31.5 Å². The van der Waals surface area contributed by atoms with Gasteiger partial charge >= 0.3 is 6.03 Å². The van der Waals surface area contributed by atoms with Crippen LogP contribution in [0.5, 0.6) is 0 Å². The van der Waals surface area contributed by atoms with Crippen molar-refractivity contribution < 1.29 is 13.2 Å². The minimum absolute atomic E-state index is 0.143. The standard InChI is InChI=1S/C24H29N5O3S/c1-17-6-5-7-20(14-17)33(31,32)28-19-10-12-29(16-19)13-11-25-24(30)27-23-15-18(2)26-22-9-4-3-8-21(22)23/h3-9,14-15,19,28H,10-13,16H2,1-2H3,(H2,25,26,27,30). The molecule has 0 aliphatic carbocycles. The summed E-state index contributed by atoms with van der Waals surface area (Å²) >= 11 is 0. The summed E-state index contributed by atoms with van der Waals surface area (Å²) < 4.78 is 28.1. The van der Waals surface area contributed by atoms with E-state index in [-0.39, 0.29) is 17.0 Å². The zero-order chi connectivity index (χ0) is 23.4. The summed E-state index contributed by atoms with van der Waals surface area (Å²) in [6.45, 7) is 6.27. The Labute approximate surface area is 194 Å². The van der Waals surface area contributed by atoms with Crippen LogP contribution in [0.15, 0.2) is 59.5 Å². The van der Waals surface area contributed by atoms with Gasteiger partial charge in [0.2, 0.25) is 10.0 Å². The number of rotatable bonds is 7. The van der Waals surface area contributed by atoms with Crippen molar-refractivity contribution in [3.8, 4) is 0 Å². The third kappa shape index (κ3) is 5.87. The first kappa shape index (κ1) is 23.2. The third-order valence-corrected chi connectivity index (χ3v) is 7.22. The van der Waals surface area contributed by atoms with Crippen LogP contribution >= 0.6 is 0 Å². The van der Waals surface area contributed by atoms with Gasteiger partial charge in [-0.25, -0.2) is 17.9 Å². The number of carbonyl (C=O) groups is 1. The fraction of sp³-hybridized carbons (Fsp3) is 0.333. The molecule has 0 saturated carbocycles. The van der Waals surface area contributed by atoms with Gasteiger partial charge in [-0.2, -0.15) is 0 Å². The zero-order valence-corrected chi connectivity index (χ0v) is 19.7. The molecule has 0 spiro atoms. The molecule has 1 fully saturated rings. The summed E-state index contributed by atoms with van der Waals surface area (Å²) in [5.74, 6) is 0. The molecule has 2 heterocycles. The van der Waals surface area contributed by atoms with Crippen LogP contribution in [0, 0.1) is 13.8 Å². The molecule has 0 radical (unpaired) electrons. The third-order valence-electron chi connectivity index (χ3n) is 5.70. The van der Waals surface area contributed by atoms with Gasteiger partial charge in [-0.3, -0.25) is 9.88 Å². The van der Waals surface area contributed by atoms with E-state index in [1.165, 1.54) is 0 Å². The number of nitrogens with zero attached hydrogens (tertiary/aromatic N) is 2. The van der Waals surface area contributed by atoms with Crippen LogP contribution in [-0.2, 0) is 10.0 Å². The average molecular weight is 468 g/mol. The number of hydrogen-bond acceptors (Lipinski definition) is 5. The lowest BCUT2D eigenvalue weighted by molar-refractivity contribution is 0.249. The highest BCUT2D eigenvalue weighted by Crippen LogP contribution is 2.22. The molecule has 4 rings (SSSR count). The predicted octanol–water partition coefficient (Wildman–Crippen LogP) is 3.03. The SMILES string of the molecule is Cc1cccc(S(=O)(=O)NC2CCN(CCNC(=O)Nc3cc(C)nc4ccccc34)C2)c1. The number of carbonyl (C=O) groups excluding carboxylic acids is 1. The summed E-state index contributed by atoms with van der Waals surface area (Å²) in [4.78, 5) is 19.4. The van der Waals surface area contributed by atoms with Crippen molar-refractivity contribution >= 4 is 32.6 Å². The number of aryl methyl sites for hydroxylation is 2. The number of pyridine rings is 1. The van der Waals surface area contributed by atoms with E-state index in [9.17, 15) is 13.2 Å². The number of anilines is 1. The Bertz CT molecular complexity index is 1260. The molecule has 8 nitrogen and oxygen atoms in total. The number of nitrogens with one attached hydrogen (secondary N) is 3. The van der Waals surface area contributed by atoms with Crippen LogP contribution in [0.3, 0.4) is 0 Å². The average Bonchev–Trinajstić information content (AvgIpc) is 3.20. The molecule has 1 saturated heterocycles. The fourth-order valence-electron chi connectivity index (χ4n) is 4.11. The first-order chi connectivity index (χ1) is 15.8. The molecule has 3 N–H and O–H groups in total. The van der Waals surface area contributed by atoms with Crippen molar-refractivity contribution in [3.05, 3.63) is 65.9 Å². The van der Waals surface area contributed by atoms with Crippen LogP contribution in [-0.4, -0.2) is 56.6 Å². The number of hydrogen-bond donors (Lipinski definition) is 3. The maximum Gasteiger partial charge on any atom is 0.319 e. The lowest BCUT2D eigenvalue weighted by atomic mass is 10.1. The van der Waals surface area contributed by atoms with E-state index in [1.807, 2.05) is 50.2 Å². The summed E-state index contributed by atoms with van der Waals surface area (Å²) in [5, 5.41) is 6.69. The molecule has 3 aromatic rings. The second kappa shape index (κ2) is 9.86. The highest BCUT2D eigenvalue weighted by molar-refractivity contribution is 7.89. The number of sulfonamides is 1. The van der Waals surface area contributed by atoms with Gasteiger partial charge in [0.05, 0.1) is 16.1 Å².